The second-order valence-corrected chi connectivity index (χ2v) is 10.0. The third-order valence-corrected chi connectivity index (χ3v) is 8.05. The Morgan fingerprint density at radius 2 is 1.52 bits per heavy atom. The number of benzene rings is 1. The van der Waals surface area contributed by atoms with Crippen LogP contribution in [0.4, 0.5) is 0 Å². The first-order chi connectivity index (χ1) is 12.5. The van der Waals surface area contributed by atoms with Crippen LogP contribution in [0.5, 0.6) is 0 Å². The van der Waals surface area contributed by atoms with Gasteiger partial charge in [0.25, 0.3) is 11.8 Å². The number of fused-ring (bicyclic) bond motifs is 1. The molecule has 2 atom stereocenters. The van der Waals surface area contributed by atoms with Crippen molar-refractivity contribution in [3.05, 3.63) is 31.2 Å². The lowest BCUT2D eigenvalue weighted by molar-refractivity contribution is -0.125. The van der Waals surface area contributed by atoms with Crippen LogP contribution in [0.2, 0.25) is 20.1 Å². The molecular formula is C15H12Cl4N2O5S. The van der Waals surface area contributed by atoms with Crippen LogP contribution in [0, 0.1) is 0 Å². The summed E-state index contributed by atoms with van der Waals surface area (Å²) in [6, 6.07) is -1.79. The number of nitrogens with zero attached hydrogens (tertiary/aromatic N) is 1. The predicted octanol–water partition coefficient (Wildman–Crippen LogP) is 2.59. The maximum atomic E-state index is 12.7. The predicted molar refractivity (Wildman–Crippen MR) is 102 cm³/mol. The van der Waals surface area contributed by atoms with Crippen molar-refractivity contribution in [2.45, 2.75) is 25.4 Å². The number of nitrogens with one attached hydrogen (secondary N) is 1. The third kappa shape index (κ3) is 3.42. The monoisotopic (exact) mass is 472 g/mol. The van der Waals surface area contributed by atoms with Gasteiger partial charge in [-0.05, 0) is 13.3 Å². The molecule has 0 spiro atoms. The number of hydrogen-bond donors (Lipinski definition) is 1. The van der Waals surface area contributed by atoms with Crippen molar-refractivity contribution in [1.29, 1.82) is 0 Å². The molecule has 2 unspecified atom stereocenters. The fourth-order valence-corrected chi connectivity index (χ4v) is 5.75. The Morgan fingerprint density at radius 3 is 1.93 bits per heavy atom. The molecule has 27 heavy (non-hydrogen) atoms. The number of halogens is 4. The van der Waals surface area contributed by atoms with Crippen LogP contribution < -0.4 is 5.32 Å². The molecule has 12 heteroatoms. The van der Waals surface area contributed by atoms with Crippen LogP contribution in [-0.4, -0.2) is 54.6 Å². The summed E-state index contributed by atoms with van der Waals surface area (Å²) in [6.45, 7) is 1.34. The Balaban J connectivity index is 1.89. The van der Waals surface area contributed by atoms with E-state index in [0.29, 0.717) is 4.90 Å². The normalized spacial score (nSPS) is 22.1. The van der Waals surface area contributed by atoms with Crippen LogP contribution >= 0.6 is 46.4 Å². The molecule has 1 N–H and O–H groups in total. The minimum absolute atomic E-state index is 0.0262. The summed E-state index contributed by atoms with van der Waals surface area (Å²) >= 11 is 24.0. The van der Waals surface area contributed by atoms with Crippen molar-refractivity contribution in [3.63, 3.8) is 0 Å². The lowest BCUT2D eigenvalue weighted by Gasteiger charge is -2.23. The first kappa shape index (κ1) is 20.7. The Morgan fingerprint density at radius 1 is 1.04 bits per heavy atom. The van der Waals surface area contributed by atoms with Gasteiger partial charge in [0.2, 0.25) is 5.91 Å². The van der Waals surface area contributed by atoms with Crippen molar-refractivity contribution in [2.24, 2.45) is 0 Å². The molecule has 0 saturated carbocycles. The maximum Gasteiger partial charge on any atom is 0.263 e. The highest BCUT2D eigenvalue weighted by Gasteiger charge is 2.45. The molecule has 2 heterocycles. The fraction of sp³-hybridized carbons (Fsp3) is 0.400. The Kier molecular flexibility index (Phi) is 5.42. The number of imide groups is 1. The van der Waals surface area contributed by atoms with Gasteiger partial charge < -0.3 is 5.32 Å². The molecule has 1 saturated heterocycles. The molecule has 0 aromatic heterocycles. The number of sulfone groups is 1. The summed E-state index contributed by atoms with van der Waals surface area (Å²) in [5.41, 5.74) is -0.437. The lowest BCUT2D eigenvalue weighted by Crippen LogP contribution is -2.50. The van der Waals surface area contributed by atoms with Crippen molar-refractivity contribution < 1.29 is 22.8 Å². The van der Waals surface area contributed by atoms with Gasteiger partial charge in [0.05, 0.1) is 42.7 Å². The number of amides is 3. The van der Waals surface area contributed by atoms with Crippen molar-refractivity contribution in [1.82, 2.24) is 10.2 Å². The molecule has 1 fully saturated rings. The van der Waals surface area contributed by atoms with Crippen LogP contribution in [0.25, 0.3) is 0 Å². The molecule has 1 aromatic rings. The maximum absolute atomic E-state index is 12.7. The highest BCUT2D eigenvalue weighted by Crippen LogP contribution is 2.45. The molecule has 1 aromatic carbocycles. The number of rotatable bonds is 3. The molecule has 2 aliphatic heterocycles. The smallest absolute Gasteiger partial charge is 0.263 e. The highest BCUT2D eigenvalue weighted by molar-refractivity contribution is 7.91. The van der Waals surface area contributed by atoms with Gasteiger partial charge in [-0.2, -0.15) is 0 Å². The first-order valence-electron chi connectivity index (χ1n) is 7.71. The summed E-state index contributed by atoms with van der Waals surface area (Å²) in [4.78, 5) is 38.6. The van der Waals surface area contributed by atoms with Gasteiger partial charge in [-0.25, -0.2) is 8.42 Å². The molecular weight excluding hydrogens is 462 g/mol. The van der Waals surface area contributed by atoms with Crippen LogP contribution in [0.1, 0.15) is 34.1 Å². The topological polar surface area (TPSA) is 101 Å². The molecule has 0 aliphatic carbocycles. The second kappa shape index (κ2) is 7.08. The Hall–Kier alpha value is -1.06. The van der Waals surface area contributed by atoms with Gasteiger partial charge >= 0.3 is 0 Å². The molecule has 3 amide bonds. The van der Waals surface area contributed by atoms with E-state index in [2.05, 4.69) is 5.32 Å². The largest absolute Gasteiger partial charge is 0.351 e. The Labute approximate surface area is 174 Å². The SMILES string of the molecule is CC(C(=O)NC1CCS(=O)(=O)C1)N1C(=O)c2c(Cl)c(Cl)c(Cl)c(Cl)c2C1=O. The van der Waals surface area contributed by atoms with Crippen LogP contribution in [-0.2, 0) is 14.6 Å². The zero-order valence-electron chi connectivity index (χ0n) is 13.7. The summed E-state index contributed by atoms with van der Waals surface area (Å²) in [7, 11) is -3.20. The van der Waals surface area contributed by atoms with E-state index in [1.807, 2.05) is 0 Å². The van der Waals surface area contributed by atoms with E-state index in [4.69, 9.17) is 46.4 Å². The van der Waals surface area contributed by atoms with E-state index >= 15 is 0 Å². The highest BCUT2D eigenvalue weighted by atomic mass is 35.5. The molecule has 146 valence electrons. The van der Waals surface area contributed by atoms with Gasteiger partial charge in [-0.3, -0.25) is 19.3 Å². The standard InChI is InChI=1S/C15H12Cl4N2O5S/c1-5(13(22)20-6-2-3-27(25,26)4-6)21-14(23)7-8(15(21)24)10(17)12(19)11(18)9(7)16/h5-6H,2-4H2,1H3,(H,20,22). The van der Waals surface area contributed by atoms with Gasteiger partial charge in [0.15, 0.2) is 9.84 Å². The second-order valence-electron chi connectivity index (χ2n) is 6.27. The molecule has 0 radical (unpaired) electrons. The van der Waals surface area contributed by atoms with E-state index < -0.39 is 39.6 Å². The zero-order valence-corrected chi connectivity index (χ0v) is 17.5. The van der Waals surface area contributed by atoms with E-state index in [0.717, 1.165) is 0 Å². The van der Waals surface area contributed by atoms with Gasteiger partial charge in [0, 0.05) is 6.04 Å². The van der Waals surface area contributed by atoms with E-state index in [1.54, 1.807) is 0 Å². The van der Waals surface area contributed by atoms with E-state index in [-0.39, 0.29) is 49.1 Å². The number of hydrogen-bond acceptors (Lipinski definition) is 5. The van der Waals surface area contributed by atoms with Gasteiger partial charge in [-0.1, -0.05) is 46.4 Å². The number of carbonyl (C=O) groups excluding carboxylic acids is 3. The van der Waals surface area contributed by atoms with E-state index in [1.165, 1.54) is 6.92 Å². The van der Waals surface area contributed by atoms with Gasteiger partial charge in [0.1, 0.15) is 6.04 Å². The van der Waals surface area contributed by atoms with Crippen molar-refractivity contribution >= 4 is 74.0 Å². The molecule has 7 nitrogen and oxygen atoms in total. The fourth-order valence-electron chi connectivity index (χ4n) is 3.07. The summed E-state index contributed by atoms with van der Waals surface area (Å²) in [5.74, 6) is -2.54. The minimum Gasteiger partial charge on any atom is -0.351 e. The molecule has 3 rings (SSSR count). The minimum atomic E-state index is -3.20. The Bertz CT molecular complexity index is 948. The van der Waals surface area contributed by atoms with Crippen LogP contribution in [0.15, 0.2) is 0 Å². The number of carbonyl (C=O) groups is 3. The van der Waals surface area contributed by atoms with Crippen molar-refractivity contribution in [3.8, 4) is 0 Å². The van der Waals surface area contributed by atoms with Crippen LogP contribution in [0.3, 0.4) is 0 Å². The van der Waals surface area contributed by atoms with Crippen molar-refractivity contribution in [2.75, 3.05) is 11.5 Å². The average molecular weight is 474 g/mol. The molecule has 2 aliphatic rings. The zero-order chi connectivity index (χ0) is 20.3. The summed E-state index contributed by atoms with van der Waals surface area (Å²) in [6.07, 6.45) is 0.270. The molecule has 0 bridgehead atoms. The quantitative estimate of drug-likeness (QED) is 0.413. The van der Waals surface area contributed by atoms with E-state index in [9.17, 15) is 22.8 Å². The first-order valence-corrected chi connectivity index (χ1v) is 11.0. The van der Waals surface area contributed by atoms with Gasteiger partial charge in [-0.15, -0.1) is 0 Å². The third-order valence-electron chi connectivity index (χ3n) is 4.48. The average Bonchev–Trinajstić information content (AvgIpc) is 3.06. The summed E-state index contributed by atoms with van der Waals surface area (Å²) in [5, 5.41) is 1.76. The lowest BCUT2D eigenvalue weighted by atomic mass is 10.1. The summed E-state index contributed by atoms with van der Waals surface area (Å²) < 4.78 is 23.0.